The molecule has 1 aliphatic heterocycles. The Bertz CT molecular complexity index is 605. The zero-order valence-corrected chi connectivity index (χ0v) is 11.4. The molecule has 1 aliphatic rings. The third-order valence-corrected chi connectivity index (χ3v) is 4.02. The molecule has 0 aliphatic carbocycles. The summed E-state index contributed by atoms with van der Waals surface area (Å²) in [7, 11) is 1.80. The molecule has 1 fully saturated rings. The fraction of sp³-hybridized carbons (Fsp3) is 0.417. The fourth-order valence-electron chi connectivity index (χ4n) is 2.45. The lowest BCUT2D eigenvalue weighted by Crippen LogP contribution is -2.31. The van der Waals surface area contributed by atoms with E-state index in [0.29, 0.717) is 10.8 Å². The van der Waals surface area contributed by atoms with Crippen LogP contribution < -0.4 is 5.73 Å². The first-order valence-electron chi connectivity index (χ1n) is 6.16. The number of hydrogen-bond donors (Lipinski definition) is 1. The summed E-state index contributed by atoms with van der Waals surface area (Å²) in [5.41, 5.74) is 7.05. The van der Waals surface area contributed by atoms with E-state index in [1.165, 1.54) is 11.3 Å². The third-order valence-electron chi connectivity index (χ3n) is 3.33. The van der Waals surface area contributed by atoms with E-state index in [-0.39, 0.29) is 11.9 Å². The van der Waals surface area contributed by atoms with Gasteiger partial charge in [0.2, 0.25) is 0 Å². The molecule has 3 rings (SSSR count). The second-order valence-corrected chi connectivity index (χ2v) is 5.53. The summed E-state index contributed by atoms with van der Waals surface area (Å²) in [6.07, 6.45) is 3.70. The maximum atomic E-state index is 12.4. The van der Waals surface area contributed by atoms with E-state index in [9.17, 15) is 4.79 Å². The van der Waals surface area contributed by atoms with Gasteiger partial charge in [-0.15, -0.1) is 11.3 Å². The number of thiazole rings is 1. The Balaban J connectivity index is 1.85. The van der Waals surface area contributed by atoms with Gasteiger partial charge in [0.05, 0.1) is 11.7 Å². The van der Waals surface area contributed by atoms with Gasteiger partial charge in [0, 0.05) is 25.2 Å². The van der Waals surface area contributed by atoms with Crippen molar-refractivity contribution >= 4 is 22.4 Å². The van der Waals surface area contributed by atoms with Crippen LogP contribution in [0.3, 0.4) is 0 Å². The van der Waals surface area contributed by atoms with Crippen LogP contribution in [0, 0.1) is 0 Å². The van der Waals surface area contributed by atoms with Crippen molar-refractivity contribution in [2.75, 3.05) is 12.3 Å². The predicted molar refractivity (Wildman–Crippen MR) is 72.7 cm³/mol. The highest BCUT2D eigenvalue weighted by Gasteiger charge is 2.32. The largest absolute Gasteiger partial charge is 0.375 e. The van der Waals surface area contributed by atoms with Crippen molar-refractivity contribution < 1.29 is 4.79 Å². The summed E-state index contributed by atoms with van der Waals surface area (Å²) in [6.45, 7) is 0.748. The maximum absolute atomic E-state index is 12.4. The lowest BCUT2D eigenvalue weighted by molar-refractivity contribution is 0.0726. The average Bonchev–Trinajstić information content (AvgIpc) is 3.07. The molecular weight excluding hydrogens is 262 g/mol. The number of anilines is 1. The van der Waals surface area contributed by atoms with Crippen LogP contribution >= 0.6 is 11.3 Å². The molecule has 2 aromatic rings. The first-order valence-corrected chi connectivity index (χ1v) is 7.04. The van der Waals surface area contributed by atoms with Crippen molar-refractivity contribution in [1.82, 2.24) is 19.7 Å². The van der Waals surface area contributed by atoms with Crippen LogP contribution in [0.25, 0.3) is 0 Å². The molecular formula is C12H15N5OS. The van der Waals surface area contributed by atoms with Crippen molar-refractivity contribution in [3.05, 3.63) is 29.0 Å². The number of nitrogens with zero attached hydrogens (tertiary/aromatic N) is 4. The Labute approximate surface area is 114 Å². The van der Waals surface area contributed by atoms with Gasteiger partial charge in [-0.2, -0.15) is 5.10 Å². The Morgan fingerprint density at radius 1 is 1.58 bits per heavy atom. The van der Waals surface area contributed by atoms with Gasteiger partial charge in [0.25, 0.3) is 5.91 Å². The van der Waals surface area contributed by atoms with Crippen LogP contribution in [0.4, 0.5) is 5.13 Å². The molecule has 0 spiro atoms. The van der Waals surface area contributed by atoms with Gasteiger partial charge >= 0.3 is 0 Å². The molecule has 6 nitrogen and oxygen atoms in total. The van der Waals surface area contributed by atoms with Crippen LogP contribution in [0.1, 0.15) is 35.1 Å². The predicted octanol–water partition coefficient (Wildman–Crippen LogP) is 1.44. The van der Waals surface area contributed by atoms with Crippen LogP contribution in [-0.4, -0.2) is 32.1 Å². The monoisotopic (exact) mass is 277 g/mol. The molecule has 1 atom stereocenters. The average molecular weight is 277 g/mol. The van der Waals surface area contributed by atoms with Crippen LogP contribution in [0.5, 0.6) is 0 Å². The maximum Gasteiger partial charge on any atom is 0.274 e. The van der Waals surface area contributed by atoms with Gasteiger partial charge < -0.3 is 10.6 Å². The molecule has 7 heteroatoms. The molecule has 2 N–H and O–H groups in total. The van der Waals surface area contributed by atoms with Gasteiger partial charge in [-0.3, -0.25) is 9.48 Å². The first-order chi connectivity index (χ1) is 9.15. The zero-order chi connectivity index (χ0) is 13.4. The Morgan fingerprint density at radius 3 is 3.05 bits per heavy atom. The molecule has 1 amide bonds. The minimum Gasteiger partial charge on any atom is -0.375 e. The van der Waals surface area contributed by atoms with Crippen molar-refractivity contribution in [2.45, 2.75) is 18.9 Å². The van der Waals surface area contributed by atoms with Crippen molar-refractivity contribution in [3.8, 4) is 0 Å². The van der Waals surface area contributed by atoms with E-state index >= 15 is 0 Å². The Hall–Kier alpha value is -1.89. The number of likely N-dealkylation sites (tertiary alicyclic amines) is 1. The number of carbonyl (C=O) groups excluding carboxylic acids is 1. The smallest absolute Gasteiger partial charge is 0.274 e. The van der Waals surface area contributed by atoms with E-state index in [4.69, 9.17) is 5.73 Å². The van der Waals surface area contributed by atoms with E-state index in [2.05, 4.69) is 10.1 Å². The lowest BCUT2D eigenvalue weighted by atomic mass is 10.1. The second-order valence-electron chi connectivity index (χ2n) is 4.64. The molecule has 0 saturated carbocycles. The number of amides is 1. The van der Waals surface area contributed by atoms with Gasteiger partial charge in [-0.25, -0.2) is 4.98 Å². The van der Waals surface area contributed by atoms with Crippen LogP contribution in [0.2, 0.25) is 0 Å². The van der Waals surface area contributed by atoms with Gasteiger partial charge in [-0.05, 0) is 18.9 Å². The van der Waals surface area contributed by atoms with Crippen molar-refractivity contribution in [3.63, 3.8) is 0 Å². The Kier molecular flexibility index (Phi) is 2.98. The molecule has 2 aromatic heterocycles. The molecule has 0 bridgehead atoms. The highest BCUT2D eigenvalue weighted by molar-refractivity contribution is 7.13. The number of nitrogens with two attached hydrogens (primary N) is 1. The number of aryl methyl sites for hydroxylation is 1. The highest BCUT2D eigenvalue weighted by atomic mass is 32.1. The summed E-state index contributed by atoms with van der Waals surface area (Å²) in [5.74, 6) is -0.0327. The standard InChI is InChI=1S/C12H15N5OS/c1-16-6-4-8(15-16)11(18)17-5-2-3-10(17)9-7-19-12(13)14-9/h4,6-7,10H,2-3,5H2,1H3,(H2,13,14). The highest BCUT2D eigenvalue weighted by Crippen LogP contribution is 2.33. The summed E-state index contributed by atoms with van der Waals surface area (Å²) in [6, 6.07) is 1.77. The summed E-state index contributed by atoms with van der Waals surface area (Å²) < 4.78 is 1.64. The quantitative estimate of drug-likeness (QED) is 0.901. The van der Waals surface area contributed by atoms with Gasteiger partial charge in [-0.1, -0.05) is 0 Å². The molecule has 3 heterocycles. The van der Waals surface area contributed by atoms with Gasteiger partial charge in [0.1, 0.15) is 5.69 Å². The van der Waals surface area contributed by atoms with Crippen LogP contribution in [-0.2, 0) is 7.05 Å². The number of hydrogen-bond acceptors (Lipinski definition) is 5. The van der Waals surface area contributed by atoms with E-state index in [1.54, 1.807) is 24.0 Å². The number of aromatic nitrogens is 3. The van der Waals surface area contributed by atoms with Crippen molar-refractivity contribution in [1.29, 1.82) is 0 Å². The van der Waals surface area contributed by atoms with E-state index in [0.717, 1.165) is 25.1 Å². The van der Waals surface area contributed by atoms with Crippen LogP contribution in [0.15, 0.2) is 17.6 Å². The lowest BCUT2D eigenvalue weighted by Gasteiger charge is -2.22. The Morgan fingerprint density at radius 2 is 2.42 bits per heavy atom. The molecule has 19 heavy (non-hydrogen) atoms. The topological polar surface area (TPSA) is 77.0 Å². The molecule has 1 saturated heterocycles. The minimum atomic E-state index is -0.0327. The summed E-state index contributed by atoms with van der Waals surface area (Å²) >= 11 is 1.41. The summed E-state index contributed by atoms with van der Waals surface area (Å²) in [4.78, 5) is 18.6. The number of nitrogen functional groups attached to an aromatic ring is 1. The normalized spacial score (nSPS) is 19.0. The van der Waals surface area contributed by atoms with E-state index < -0.39 is 0 Å². The minimum absolute atomic E-state index is 0.0306. The molecule has 0 aromatic carbocycles. The van der Waals surface area contributed by atoms with Crippen molar-refractivity contribution in [2.24, 2.45) is 7.05 Å². The molecule has 1 unspecified atom stereocenters. The summed E-state index contributed by atoms with van der Waals surface area (Å²) in [5, 5.41) is 6.65. The molecule has 0 radical (unpaired) electrons. The number of rotatable bonds is 2. The SMILES string of the molecule is Cn1ccc(C(=O)N2CCCC2c2csc(N)n2)n1. The third kappa shape index (κ3) is 2.21. The second kappa shape index (κ2) is 4.65. The first kappa shape index (κ1) is 12.2. The fourth-order valence-corrected chi connectivity index (χ4v) is 3.06. The van der Waals surface area contributed by atoms with Gasteiger partial charge in [0.15, 0.2) is 5.13 Å². The molecule has 100 valence electrons. The number of carbonyl (C=O) groups is 1. The van der Waals surface area contributed by atoms with E-state index in [1.807, 2.05) is 10.3 Å². The zero-order valence-electron chi connectivity index (χ0n) is 10.6.